The number of esters is 1. The van der Waals surface area contributed by atoms with Crippen molar-refractivity contribution in [1.82, 2.24) is 9.47 Å². The fourth-order valence-corrected chi connectivity index (χ4v) is 1.82. The fourth-order valence-electron chi connectivity index (χ4n) is 1.82. The molecule has 1 aromatic heterocycles. The average Bonchev–Trinajstić information content (AvgIpc) is 2.88. The van der Waals surface area contributed by atoms with Gasteiger partial charge in [-0.3, -0.25) is 19.7 Å². The van der Waals surface area contributed by atoms with E-state index >= 15 is 0 Å². The van der Waals surface area contributed by atoms with Crippen molar-refractivity contribution in [2.75, 3.05) is 20.7 Å². The molecule has 0 aromatic carbocycles. The molecule has 21 heavy (non-hydrogen) atoms. The van der Waals surface area contributed by atoms with Crippen molar-refractivity contribution in [3.63, 3.8) is 0 Å². The standard InChI is InChI=1S/C13H19N3O5/c1-9(2)15-8-10(16(19)20)7-11(15)13(18)14(3)6-5-12(17)21-4/h7-9H,5-6H2,1-4H3. The molecule has 1 heterocycles. The molecule has 8 heteroatoms. The van der Waals surface area contributed by atoms with E-state index in [1.165, 1.54) is 31.3 Å². The molecule has 0 aliphatic rings. The van der Waals surface area contributed by atoms with E-state index in [1.54, 1.807) is 4.57 Å². The molecule has 0 unspecified atom stereocenters. The van der Waals surface area contributed by atoms with E-state index in [0.29, 0.717) is 0 Å². The van der Waals surface area contributed by atoms with Gasteiger partial charge in [0.15, 0.2) is 0 Å². The molecule has 1 rings (SSSR count). The molecule has 0 radical (unpaired) electrons. The van der Waals surface area contributed by atoms with Crippen molar-refractivity contribution >= 4 is 17.6 Å². The van der Waals surface area contributed by atoms with Gasteiger partial charge in [-0.15, -0.1) is 0 Å². The summed E-state index contributed by atoms with van der Waals surface area (Å²) in [5.74, 6) is -0.791. The molecule has 0 saturated heterocycles. The molecule has 0 aliphatic heterocycles. The third-order valence-corrected chi connectivity index (χ3v) is 3.05. The van der Waals surface area contributed by atoms with E-state index in [2.05, 4.69) is 4.74 Å². The van der Waals surface area contributed by atoms with Gasteiger partial charge < -0.3 is 14.2 Å². The van der Waals surface area contributed by atoms with Crippen LogP contribution in [0.2, 0.25) is 0 Å². The zero-order valence-corrected chi connectivity index (χ0v) is 12.5. The van der Waals surface area contributed by atoms with Gasteiger partial charge in [0.25, 0.3) is 11.6 Å². The Kier molecular flexibility index (Phi) is 5.45. The van der Waals surface area contributed by atoms with Crippen LogP contribution < -0.4 is 0 Å². The highest BCUT2D eigenvalue weighted by Crippen LogP contribution is 2.21. The van der Waals surface area contributed by atoms with Crippen LogP contribution in [-0.2, 0) is 9.53 Å². The van der Waals surface area contributed by atoms with E-state index in [0.717, 1.165) is 0 Å². The van der Waals surface area contributed by atoms with Crippen LogP contribution in [0.15, 0.2) is 12.3 Å². The van der Waals surface area contributed by atoms with Crippen molar-refractivity contribution in [1.29, 1.82) is 0 Å². The van der Waals surface area contributed by atoms with Crippen LogP contribution in [0.5, 0.6) is 0 Å². The summed E-state index contributed by atoms with van der Waals surface area (Å²) in [5, 5.41) is 10.8. The number of rotatable bonds is 6. The van der Waals surface area contributed by atoms with Gasteiger partial charge in [0.2, 0.25) is 0 Å². The van der Waals surface area contributed by atoms with Crippen LogP contribution in [0.4, 0.5) is 5.69 Å². The summed E-state index contributed by atoms with van der Waals surface area (Å²) < 4.78 is 6.06. The zero-order valence-electron chi connectivity index (χ0n) is 12.5. The molecule has 8 nitrogen and oxygen atoms in total. The van der Waals surface area contributed by atoms with Crippen molar-refractivity contribution in [2.45, 2.75) is 26.3 Å². The molecule has 0 N–H and O–H groups in total. The van der Waals surface area contributed by atoms with Crippen LogP contribution in [0.25, 0.3) is 0 Å². The molecule has 0 fully saturated rings. The Labute approximate surface area is 122 Å². The van der Waals surface area contributed by atoms with E-state index in [9.17, 15) is 19.7 Å². The quantitative estimate of drug-likeness (QED) is 0.451. The molecule has 0 saturated carbocycles. The Balaban J connectivity index is 2.95. The predicted molar refractivity (Wildman–Crippen MR) is 75.1 cm³/mol. The maximum atomic E-state index is 12.3. The summed E-state index contributed by atoms with van der Waals surface area (Å²) in [6.45, 7) is 3.84. The minimum atomic E-state index is -0.538. The number of carbonyl (C=O) groups excluding carboxylic acids is 2. The first kappa shape index (κ1) is 16.7. The summed E-state index contributed by atoms with van der Waals surface area (Å²) >= 11 is 0. The number of nitrogens with zero attached hydrogens (tertiary/aromatic N) is 3. The highest BCUT2D eigenvalue weighted by molar-refractivity contribution is 5.93. The summed E-state index contributed by atoms with van der Waals surface area (Å²) in [6, 6.07) is 1.16. The molecule has 116 valence electrons. The van der Waals surface area contributed by atoms with Crippen LogP contribution in [-0.4, -0.2) is 47.0 Å². The maximum Gasteiger partial charge on any atom is 0.307 e. The zero-order chi connectivity index (χ0) is 16.2. The highest BCUT2D eigenvalue weighted by atomic mass is 16.6. The van der Waals surface area contributed by atoms with Crippen LogP contribution in [0, 0.1) is 10.1 Å². The van der Waals surface area contributed by atoms with Crippen LogP contribution >= 0.6 is 0 Å². The second-order valence-electron chi connectivity index (χ2n) is 4.89. The minimum absolute atomic E-state index is 0.0726. The largest absolute Gasteiger partial charge is 0.469 e. The molecular weight excluding hydrogens is 278 g/mol. The van der Waals surface area contributed by atoms with Crippen molar-refractivity contribution in [2.24, 2.45) is 0 Å². The smallest absolute Gasteiger partial charge is 0.307 e. The Morgan fingerprint density at radius 3 is 2.57 bits per heavy atom. The monoisotopic (exact) mass is 297 g/mol. The Morgan fingerprint density at radius 1 is 1.48 bits per heavy atom. The number of aromatic nitrogens is 1. The van der Waals surface area contributed by atoms with Crippen molar-refractivity contribution in [3.8, 4) is 0 Å². The van der Waals surface area contributed by atoms with Crippen LogP contribution in [0.1, 0.15) is 36.8 Å². The third-order valence-electron chi connectivity index (χ3n) is 3.05. The average molecular weight is 297 g/mol. The number of amides is 1. The molecule has 0 atom stereocenters. The molecule has 1 aromatic rings. The summed E-state index contributed by atoms with van der Waals surface area (Å²) in [5.41, 5.74) is 0.0949. The molecular formula is C13H19N3O5. The SMILES string of the molecule is COC(=O)CCN(C)C(=O)c1cc([N+](=O)[O-])cn1C(C)C. The lowest BCUT2D eigenvalue weighted by molar-refractivity contribution is -0.384. The maximum absolute atomic E-state index is 12.3. The van der Waals surface area contributed by atoms with Gasteiger partial charge in [0.1, 0.15) is 5.69 Å². The van der Waals surface area contributed by atoms with Crippen molar-refractivity contribution in [3.05, 3.63) is 28.1 Å². The predicted octanol–water partition coefficient (Wildman–Crippen LogP) is 1.61. The highest BCUT2D eigenvalue weighted by Gasteiger charge is 2.23. The van der Waals surface area contributed by atoms with Gasteiger partial charge in [0.05, 0.1) is 24.7 Å². The first-order valence-corrected chi connectivity index (χ1v) is 6.46. The van der Waals surface area contributed by atoms with E-state index < -0.39 is 10.9 Å². The second-order valence-corrected chi connectivity index (χ2v) is 4.89. The second kappa shape index (κ2) is 6.87. The summed E-state index contributed by atoms with van der Waals surface area (Å²) in [4.78, 5) is 35.1. The number of carbonyl (C=O) groups is 2. The van der Waals surface area contributed by atoms with E-state index in [1.807, 2.05) is 13.8 Å². The number of methoxy groups -OCH3 is 1. The van der Waals surface area contributed by atoms with Gasteiger partial charge in [-0.05, 0) is 13.8 Å². The molecule has 0 bridgehead atoms. The van der Waals surface area contributed by atoms with Gasteiger partial charge in [0, 0.05) is 25.7 Å². The normalized spacial score (nSPS) is 10.5. The van der Waals surface area contributed by atoms with Gasteiger partial charge in [-0.25, -0.2) is 0 Å². The number of hydrogen-bond donors (Lipinski definition) is 0. The number of ether oxygens (including phenoxy) is 1. The van der Waals surface area contributed by atoms with E-state index in [4.69, 9.17) is 0 Å². The topological polar surface area (TPSA) is 94.7 Å². The third kappa shape index (κ3) is 4.04. The van der Waals surface area contributed by atoms with Crippen molar-refractivity contribution < 1.29 is 19.2 Å². The number of hydrogen-bond acceptors (Lipinski definition) is 5. The van der Waals surface area contributed by atoms with Gasteiger partial charge in [-0.1, -0.05) is 0 Å². The molecule has 0 spiro atoms. The lowest BCUT2D eigenvalue weighted by atomic mass is 10.3. The Bertz CT molecular complexity index is 550. The van der Waals surface area contributed by atoms with Gasteiger partial charge >= 0.3 is 5.97 Å². The first-order chi connectivity index (χ1) is 9.77. The minimum Gasteiger partial charge on any atom is -0.469 e. The molecule has 0 aliphatic carbocycles. The molecule has 1 amide bonds. The van der Waals surface area contributed by atoms with Crippen LogP contribution in [0.3, 0.4) is 0 Å². The van der Waals surface area contributed by atoms with E-state index in [-0.39, 0.29) is 36.3 Å². The summed E-state index contributed by atoms with van der Waals surface area (Å²) in [7, 11) is 2.81. The Hall–Kier alpha value is -2.38. The Morgan fingerprint density at radius 2 is 2.10 bits per heavy atom. The van der Waals surface area contributed by atoms with Gasteiger partial charge in [-0.2, -0.15) is 0 Å². The lowest BCUT2D eigenvalue weighted by Crippen LogP contribution is -2.31. The summed E-state index contributed by atoms with van der Waals surface area (Å²) in [6.07, 6.45) is 1.41. The lowest BCUT2D eigenvalue weighted by Gasteiger charge is -2.19. The number of nitro groups is 1. The fraction of sp³-hybridized carbons (Fsp3) is 0.538. The first-order valence-electron chi connectivity index (χ1n) is 6.46.